The van der Waals surface area contributed by atoms with Gasteiger partial charge in [0, 0.05) is 17.5 Å². The third-order valence-corrected chi connectivity index (χ3v) is 5.06. The summed E-state index contributed by atoms with van der Waals surface area (Å²) in [6.07, 6.45) is -0.0457. The van der Waals surface area contributed by atoms with Crippen molar-refractivity contribution in [3.05, 3.63) is 53.4 Å². The van der Waals surface area contributed by atoms with E-state index in [1.165, 1.54) is 12.1 Å². The summed E-state index contributed by atoms with van der Waals surface area (Å²) in [6, 6.07) is 2.63. The van der Waals surface area contributed by atoms with Gasteiger partial charge in [-0.3, -0.25) is 0 Å². The monoisotopic (exact) mass is 452 g/mol. The standard InChI is InChI=1S/C13H6Cl6O2.2Na.2H/c14-6-2-8(16)12(20)4(10(6)18)1-5-11(19)7(15)3-9(17)13(5)21;;;;/h2-3,20-21H,1H2;;;;/q;2*+1;2*-1. The molecule has 2 N–H and O–H groups in total. The molecular weight excluding hydrogens is 447 g/mol. The van der Waals surface area contributed by atoms with Crippen LogP contribution in [0.25, 0.3) is 0 Å². The predicted octanol–water partition coefficient (Wildman–Crippen LogP) is 0.842. The van der Waals surface area contributed by atoms with Gasteiger partial charge in [0.15, 0.2) is 0 Å². The molecule has 0 saturated carbocycles. The Morgan fingerprint density at radius 2 is 0.957 bits per heavy atom. The molecule has 2 rings (SSSR count). The van der Waals surface area contributed by atoms with Gasteiger partial charge in [-0.1, -0.05) is 69.6 Å². The number of phenols is 2. The third-order valence-electron chi connectivity index (χ3n) is 2.83. The van der Waals surface area contributed by atoms with Gasteiger partial charge < -0.3 is 13.1 Å². The summed E-state index contributed by atoms with van der Waals surface area (Å²) in [7, 11) is 0. The fourth-order valence-electron chi connectivity index (χ4n) is 1.77. The number of rotatable bonds is 2. The molecule has 0 radical (unpaired) electrons. The van der Waals surface area contributed by atoms with Crippen molar-refractivity contribution in [2.24, 2.45) is 0 Å². The van der Waals surface area contributed by atoms with E-state index in [1.807, 2.05) is 0 Å². The normalized spacial score (nSPS) is 10.0. The molecule has 0 aliphatic rings. The molecule has 2 aromatic rings. The Morgan fingerprint density at radius 1 is 0.652 bits per heavy atom. The van der Waals surface area contributed by atoms with E-state index < -0.39 is 0 Å². The van der Waals surface area contributed by atoms with Crippen LogP contribution in [0.5, 0.6) is 11.5 Å². The van der Waals surface area contributed by atoms with Crippen LogP contribution in [0.15, 0.2) is 12.1 Å². The Bertz CT molecular complexity index is 635. The van der Waals surface area contributed by atoms with Crippen LogP contribution in [-0.2, 0) is 6.42 Å². The summed E-state index contributed by atoms with van der Waals surface area (Å²) in [5.74, 6) is -0.504. The Kier molecular flexibility index (Phi) is 11.0. The molecule has 0 fully saturated rings. The molecule has 0 unspecified atom stereocenters. The van der Waals surface area contributed by atoms with Crippen LogP contribution < -0.4 is 59.1 Å². The molecule has 0 amide bonds. The van der Waals surface area contributed by atoms with Gasteiger partial charge in [-0.2, -0.15) is 0 Å². The Labute approximate surface area is 210 Å². The van der Waals surface area contributed by atoms with E-state index in [0.717, 1.165) is 0 Å². The largest absolute Gasteiger partial charge is 1.00 e. The van der Waals surface area contributed by atoms with Crippen LogP contribution in [0.1, 0.15) is 14.0 Å². The predicted molar refractivity (Wildman–Crippen MR) is 91.3 cm³/mol. The van der Waals surface area contributed by atoms with E-state index in [1.54, 1.807) is 0 Å². The zero-order chi connectivity index (χ0) is 15.9. The molecule has 23 heavy (non-hydrogen) atoms. The minimum Gasteiger partial charge on any atom is -1.00 e. The second kappa shape index (κ2) is 10.2. The van der Waals surface area contributed by atoms with E-state index in [-0.39, 0.29) is 121 Å². The summed E-state index contributed by atoms with van der Waals surface area (Å²) < 4.78 is 0. The summed E-state index contributed by atoms with van der Waals surface area (Å²) in [5.41, 5.74) is 0.425. The molecular formula is C13H8Cl6Na2O2. The van der Waals surface area contributed by atoms with Gasteiger partial charge in [0.25, 0.3) is 0 Å². The number of aromatic hydroxyl groups is 2. The van der Waals surface area contributed by atoms with Crippen molar-refractivity contribution in [2.45, 2.75) is 6.42 Å². The molecule has 0 spiro atoms. The third kappa shape index (κ3) is 5.38. The van der Waals surface area contributed by atoms with E-state index in [4.69, 9.17) is 69.6 Å². The summed E-state index contributed by atoms with van der Waals surface area (Å²) >= 11 is 35.7. The smallest absolute Gasteiger partial charge is 1.00 e. The van der Waals surface area contributed by atoms with Gasteiger partial charge in [-0.05, 0) is 12.1 Å². The maximum Gasteiger partial charge on any atom is 1.00 e. The molecule has 2 nitrogen and oxygen atoms in total. The second-order valence-corrected chi connectivity index (χ2v) is 6.52. The Morgan fingerprint density at radius 3 is 1.26 bits per heavy atom. The van der Waals surface area contributed by atoms with Crippen LogP contribution >= 0.6 is 69.6 Å². The van der Waals surface area contributed by atoms with Crippen LogP contribution in [-0.4, -0.2) is 10.2 Å². The first kappa shape index (κ1) is 24.8. The van der Waals surface area contributed by atoms with Crippen molar-refractivity contribution in [1.29, 1.82) is 0 Å². The van der Waals surface area contributed by atoms with Crippen molar-refractivity contribution < 1.29 is 72.2 Å². The van der Waals surface area contributed by atoms with E-state index in [9.17, 15) is 10.2 Å². The zero-order valence-corrected chi connectivity index (χ0v) is 20.6. The van der Waals surface area contributed by atoms with Gasteiger partial charge in [-0.25, -0.2) is 0 Å². The van der Waals surface area contributed by atoms with Crippen LogP contribution in [0, 0.1) is 0 Å². The van der Waals surface area contributed by atoms with Crippen molar-refractivity contribution in [3.8, 4) is 11.5 Å². The van der Waals surface area contributed by atoms with Gasteiger partial charge >= 0.3 is 59.1 Å². The number of hydrogen-bond acceptors (Lipinski definition) is 2. The van der Waals surface area contributed by atoms with Crippen molar-refractivity contribution >= 4 is 69.6 Å². The Balaban J connectivity index is -0.00000121. The molecule has 0 aliphatic carbocycles. The molecule has 0 aliphatic heterocycles. The minimum absolute atomic E-state index is 0. The first-order valence-corrected chi connectivity index (χ1v) is 7.71. The fraction of sp³-hybridized carbons (Fsp3) is 0.0769. The average molecular weight is 455 g/mol. The summed E-state index contributed by atoms with van der Waals surface area (Å²) in [6.45, 7) is 0. The molecule has 0 aromatic heterocycles. The molecule has 0 bridgehead atoms. The number of phenolic OH excluding ortho intramolecular Hbond substituents is 2. The summed E-state index contributed by atoms with van der Waals surface area (Å²) in [5, 5.41) is 20.6. The zero-order valence-electron chi connectivity index (χ0n) is 14.0. The van der Waals surface area contributed by atoms with Crippen LogP contribution in [0.3, 0.4) is 0 Å². The molecule has 10 heteroatoms. The van der Waals surface area contributed by atoms with Crippen LogP contribution in [0.2, 0.25) is 30.1 Å². The first-order chi connectivity index (χ1) is 9.73. The first-order valence-electron chi connectivity index (χ1n) is 5.44. The summed E-state index contributed by atoms with van der Waals surface area (Å²) in [4.78, 5) is 0. The van der Waals surface area contributed by atoms with Crippen LogP contribution in [0.4, 0.5) is 0 Å². The Hall–Kier alpha value is 1.78. The molecule has 0 atom stereocenters. The van der Waals surface area contributed by atoms with Gasteiger partial charge in [0.05, 0.1) is 30.1 Å². The number of benzene rings is 2. The van der Waals surface area contributed by atoms with E-state index in [2.05, 4.69) is 0 Å². The number of halogens is 6. The van der Waals surface area contributed by atoms with E-state index in [0.29, 0.717) is 0 Å². The molecule has 0 heterocycles. The molecule has 116 valence electrons. The maximum atomic E-state index is 10.0. The van der Waals surface area contributed by atoms with Crippen molar-refractivity contribution in [1.82, 2.24) is 0 Å². The van der Waals surface area contributed by atoms with Gasteiger partial charge in [0.2, 0.25) is 0 Å². The minimum atomic E-state index is -0.252. The van der Waals surface area contributed by atoms with Gasteiger partial charge in [-0.15, -0.1) is 0 Å². The fourth-order valence-corrected chi connectivity index (χ4v) is 3.20. The van der Waals surface area contributed by atoms with Gasteiger partial charge in [0.1, 0.15) is 11.5 Å². The van der Waals surface area contributed by atoms with Crippen molar-refractivity contribution in [3.63, 3.8) is 0 Å². The molecule has 2 aromatic carbocycles. The average Bonchev–Trinajstić information content (AvgIpc) is 2.42. The number of hydrogen-bond donors (Lipinski definition) is 2. The SMILES string of the molecule is Oc1c(Cl)cc(Cl)c(Cl)c1Cc1c(O)c(Cl)cc(Cl)c1Cl.[H-].[H-].[Na+].[Na+]. The topological polar surface area (TPSA) is 40.5 Å². The molecule has 0 saturated heterocycles. The van der Waals surface area contributed by atoms with Crippen molar-refractivity contribution in [2.75, 3.05) is 0 Å². The van der Waals surface area contributed by atoms with E-state index >= 15 is 0 Å². The maximum absolute atomic E-state index is 10.0. The quantitative estimate of drug-likeness (QED) is 0.521. The second-order valence-electron chi connectivity index (χ2n) is 4.14.